The van der Waals surface area contributed by atoms with Gasteiger partial charge in [-0.1, -0.05) is 63.6 Å². The van der Waals surface area contributed by atoms with E-state index < -0.39 is 0 Å². The van der Waals surface area contributed by atoms with Crippen molar-refractivity contribution >= 4 is 11.9 Å². The first-order valence-corrected chi connectivity index (χ1v) is 6.50. The Hall–Kier alpha value is -1.64. The molecule has 0 saturated carbocycles. The minimum absolute atomic E-state index is 0.192. The minimum Gasteiger partial charge on any atom is -0.393 e. The lowest BCUT2D eigenvalue weighted by molar-refractivity contribution is -0.154. The molecule has 0 aromatic heterocycles. The molecule has 104 valence electrons. The second-order valence-electron chi connectivity index (χ2n) is 6.03. The van der Waals surface area contributed by atoms with Crippen LogP contribution in [0.15, 0.2) is 30.3 Å². The first-order valence-electron chi connectivity index (χ1n) is 6.50. The van der Waals surface area contributed by atoms with Gasteiger partial charge < -0.3 is 4.74 Å². The van der Waals surface area contributed by atoms with Gasteiger partial charge in [0.05, 0.1) is 11.8 Å². The summed E-state index contributed by atoms with van der Waals surface area (Å²) in [6.07, 6.45) is 0. The number of esters is 2. The first-order chi connectivity index (χ1) is 8.73. The molecule has 1 aromatic rings. The van der Waals surface area contributed by atoms with Crippen molar-refractivity contribution in [2.45, 2.75) is 34.6 Å². The van der Waals surface area contributed by atoms with Gasteiger partial charge in [0.2, 0.25) is 0 Å². The molecular weight excluding hydrogens is 240 g/mol. The van der Waals surface area contributed by atoms with E-state index in [2.05, 4.69) is 23.8 Å². The topological polar surface area (TPSA) is 43.4 Å². The Bertz CT molecular complexity index is 443. The average Bonchev–Trinajstić information content (AvgIpc) is 2.54. The fourth-order valence-electron chi connectivity index (χ4n) is 2.23. The summed E-state index contributed by atoms with van der Waals surface area (Å²) in [5, 5.41) is 0. The fourth-order valence-corrected chi connectivity index (χ4v) is 2.23. The Balaban J connectivity index is 0.000000218. The molecule has 0 aliphatic carbocycles. The van der Waals surface area contributed by atoms with Crippen molar-refractivity contribution in [2.24, 2.45) is 17.3 Å². The summed E-state index contributed by atoms with van der Waals surface area (Å²) in [5.41, 5.74) is 1.13. The van der Waals surface area contributed by atoms with Crippen LogP contribution < -0.4 is 0 Å². The lowest BCUT2D eigenvalue weighted by Gasteiger charge is -2.25. The number of benzene rings is 1. The van der Waals surface area contributed by atoms with Gasteiger partial charge in [0.1, 0.15) is 0 Å². The van der Waals surface area contributed by atoms with Crippen LogP contribution in [0.3, 0.4) is 0 Å². The summed E-state index contributed by atoms with van der Waals surface area (Å²) < 4.78 is 4.53. The van der Waals surface area contributed by atoms with Gasteiger partial charge in [-0.05, 0) is 12.3 Å². The molecule has 0 bridgehead atoms. The number of hydrogen-bond donors (Lipinski definition) is 0. The Morgan fingerprint density at radius 3 is 1.74 bits per heavy atom. The SMILES string of the molecule is CC1C(=O)OC(=O)C1C(C)(C)C.Cc1ccccc1. The van der Waals surface area contributed by atoms with Gasteiger partial charge in [-0.3, -0.25) is 9.59 Å². The second kappa shape index (κ2) is 6.00. The molecule has 0 spiro atoms. The summed E-state index contributed by atoms with van der Waals surface area (Å²) in [6.45, 7) is 9.64. The molecule has 1 fully saturated rings. The van der Waals surface area contributed by atoms with Crippen LogP contribution in [0.4, 0.5) is 0 Å². The number of carbonyl (C=O) groups excluding carboxylic acids is 2. The maximum absolute atomic E-state index is 11.2. The number of cyclic esters (lactones) is 2. The zero-order valence-electron chi connectivity index (χ0n) is 12.3. The van der Waals surface area contributed by atoms with E-state index in [1.165, 1.54) is 5.56 Å². The van der Waals surface area contributed by atoms with Crippen LogP contribution in [0.25, 0.3) is 0 Å². The highest BCUT2D eigenvalue weighted by Gasteiger charge is 2.47. The fraction of sp³-hybridized carbons (Fsp3) is 0.500. The number of hydrogen-bond acceptors (Lipinski definition) is 3. The highest BCUT2D eigenvalue weighted by Crippen LogP contribution is 2.37. The van der Waals surface area contributed by atoms with Crippen LogP contribution in [-0.2, 0) is 14.3 Å². The molecule has 2 unspecified atom stereocenters. The molecule has 0 radical (unpaired) electrons. The average molecular weight is 262 g/mol. The van der Waals surface area contributed by atoms with Gasteiger partial charge in [0.15, 0.2) is 0 Å². The maximum atomic E-state index is 11.2. The number of carbonyl (C=O) groups is 2. The summed E-state index contributed by atoms with van der Waals surface area (Å²) in [7, 11) is 0. The molecule has 3 nitrogen and oxygen atoms in total. The van der Waals surface area contributed by atoms with E-state index in [1.807, 2.05) is 39.0 Å². The highest BCUT2D eigenvalue weighted by molar-refractivity contribution is 5.96. The standard InChI is InChI=1S/C9H14O3.C7H8/c1-5-6(9(2,3)4)8(11)12-7(5)10;1-7-5-3-2-4-6-7/h5-6H,1-4H3;2-6H,1H3. The van der Waals surface area contributed by atoms with E-state index in [4.69, 9.17) is 0 Å². The molecule has 2 rings (SSSR count). The van der Waals surface area contributed by atoms with Crippen molar-refractivity contribution in [2.75, 3.05) is 0 Å². The van der Waals surface area contributed by atoms with E-state index >= 15 is 0 Å². The van der Waals surface area contributed by atoms with Gasteiger partial charge in [0.25, 0.3) is 0 Å². The lowest BCUT2D eigenvalue weighted by atomic mass is 9.75. The third kappa shape index (κ3) is 4.19. The lowest BCUT2D eigenvalue weighted by Crippen LogP contribution is -2.29. The van der Waals surface area contributed by atoms with E-state index in [1.54, 1.807) is 6.92 Å². The molecule has 0 N–H and O–H groups in total. The summed E-state index contributed by atoms with van der Waals surface area (Å²) in [6, 6.07) is 10.3. The monoisotopic (exact) mass is 262 g/mol. The number of rotatable bonds is 0. The maximum Gasteiger partial charge on any atom is 0.317 e. The van der Waals surface area contributed by atoms with Crippen molar-refractivity contribution in [3.63, 3.8) is 0 Å². The normalized spacial score (nSPS) is 22.6. The van der Waals surface area contributed by atoms with Crippen molar-refractivity contribution in [3.05, 3.63) is 35.9 Å². The Kier molecular flexibility index (Phi) is 4.87. The molecule has 0 amide bonds. The van der Waals surface area contributed by atoms with Crippen molar-refractivity contribution in [1.29, 1.82) is 0 Å². The number of ether oxygens (including phenoxy) is 1. The predicted molar refractivity (Wildman–Crippen MR) is 74.4 cm³/mol. The Morgan fingerprint density at radius 1 is 1.00 bits per heavy atom. The summed E-state index contributed by atoms with van der Waals surface area (Å²) >= 11 is 0. The van der Waals surface area contributed by atoms with E-state index in [-0.39, 0.29) is 29.2 Å². The van der Waals surface area contributed by atoms with E-state index in [0.717, 1.165) is 0 Å². The summed E-state index contributed by atoms with van der Waals surface area (Å²) in [4.78, 5) is 22.2. The third-order valence-electron chi connectivity index (χ3n) is 3.20. The van der Waals surface area contributed by atoms with Gasteiger partial charge in [0, 0.05) is 0 Å². The molecule has 1 saturated heterocycles. The van der Waals surface area contributed by atoms with Crippen molar-refractivity contribution in [3.8, 4) is 0 Å². The van der Waals surface area contributed by atoms with E-state index in [0.29, 0.717) is 0 Å². The third-order valence-corrected chi connectivity index (χ3v) is 3.20. The smallest absolute Gasteiger partial charge is 0.317 e. The van der Waals surface area contributed by atoms with Crippen LogP contribution in [-0.4, -0.2) is 11.9 Å². The highest BCUT2D eigenvalue weighted by atomic mass is 16.6. The number of aryl methyl sites for hydroxylation is 1. The quantitative estimate of drug-likeness (QED) is 0.532. The molecule has 1 aliphatic heterocycles. The van der Waals surface area contributed by atoms with Crippen LogP contribution in [0.1, 0.15) is 33.3 Å². The Labute approximate surface area is 115 Å². The van der Waals surface area contributed by atoms with E-state index in [9.17, 15) is 9.59 Å². The van der Waals surface area contributed by atoms with Crippen LogP contribution in [0.2, 0.25) is 0 Å². The molecule has 2 atom stereocenters. The molecule has 1 aliphatic rings. The zero-order chi connectivity index (χ0) is 14.6. The summed E-state index contributed by atoms with van der Waals surface area (Å²) in [5.74, 6) is -1.34. The van der Waals surface area contributed by atoms with Crippen molar-refractivity contribution in [1.82, 2.24) is 0 Å². The van der Waals surface area contributed by atoms with Crippen molar-refractivity contribution < 1.29 is 14.3 Å². The molecular formula is C16H22O3. The van der Waals surface area contributed by atoms with Crippen LogP contribution in [0.5, 0.6) is 0 Å². The first kappa shape index (κ1) is 15.4. The zero-order valence-corrected chi connectivity index (χ0v) is 12.3. The second-order valence-corrected chi connectivity index (χ2v) is 6.03. The molecule has 3 heteroatoms. The van der Waals surface area contributed by atoms with Gasteiger partial charge in [-0.2, -0.15) is 0 Å². The molecule has 19 heavy (non-hydrogen) atoms. The largest absolute Gasteiger partial charge is 0.393 e. The van der Waals surface area contributed by atoms with Gasteiger partial charge in [-0.25, -0.2) is 0 Å². The molecule has 1 heterocycles. The van der Waals surface area contributed by atoms with Crippen LogP contribution in [0, 0.1) is 24.2 Å². The van der Waals surface area contributed by atoms with Gasteiger partial charge in [-0.15, -0.1) is 0 Å². The predicted octanol–water partition coefficient (Wildman–Crippen LogP) is 3.36. The minimum atomic E-state index is -0.389. The molecule has 1 aromatic carbocycles. The van der Waals surface area contributed by atoms with Gasteiger partial charge >= 0.3 is 11.9 Å². The van der Waals surface area contributed by atoms with Crippen LogP contribution >= 0.6 is 0 Å². The Morgan fingerprint density at radius 2 is 1.53 bits per heavy atom.